The van der Waals surface area contributed by atoms with E-state index in [1.165, 1.54) is 6.92 Å². The van der Waals surface area contributed by atoms with E-state index in [0.717, 1.165) is 23.9 Å². The summed E-state index contributed by atoms with van der Waals surface area (Å²) in [6.45, 7) is 4.40. The molecule has 0 fully saturated rings. The molecule has 0 amide bonds. The highest BCUT2D eigenvalue weighted by atomic mass is 35.5. The maximum absolute atomic E-state index is 11.7. The van der Waals surface area contributed by atoms with E-state index in [1.807, 2.05) is 16.7 Å². The van der Waals surface area contributed by atoms with E-state index in [1.54, 1.807) is 6.07 Å². The minimum absolute atomic E-state index is 0.0304. The molecule has 2 aromatic rings. The molecule has 0 saturated heterocycles. The smallest absolute Gasteiger partial charge is 0.163 e. The SMILES string of the molecule is CCCn1c(Cl)c(C(C)=O)c2cc(Cl)ccc21. The van der Waals surface area contributed by atoms with Crippen molar-refractivity contribution in [1.29, 1.82) is 0 Å². The van der Waals surface area contributed by atoms with E-state index in [2.05, 4.69) is 6.92 Å². The maximum atomic E-state index is 11.7. The molecule has 0 aliphatic carbocycles. The lowest BCUT2D eigenvalue weighted by Crippen LogP contribution is -1.97. The topological polar surface area (TPSA) is 22.0 Å². The van der Waals surface area contributed by atoms with E-state index in [9.17, 15) is 4.79 Å². The highest BCUT2D eigenvalue weighted by Crippen LogP contribution is 2.32. The Balaban J connectivity index is 2.83. The zero-order chi connectivity index (χ0) is 12.6. The van der Waals surface area contributed by atoms with Gasteiger partial charge in [-0.3, -0.25) is 4.79 Å². The van der Waals surface area contributed by atoms with Crippen LogP contribution in [0.5, 0.6) is 0 Å². The first-order valence-electron chi connectivity index (χ1n) is 5.54. The Morgan fingerprint density at radius 2 is 2.06 bits per heavy atom. The molecule has 1 aromatic heterocycles. The van der Waals surface area contributed by atoms with Gasteiger partial charge in [-0.25, -0.2) is 0 Å². The molecule has 0 aliphatic heterocycles. The van der Waals surface area contributed by atoms with Crippen molar-refractivity contribution in [3.63, 3.8) is 0 Å². The van der Waals surface area contributed by atoms with Crippen LogP contribution in [0, 0.1) is 0 Å². The second-order valence-electron chi connectivity index (χ2n) is 4.04. The number of fused-ring (bicyclic) bond motifs is 1. The second kappa shape index (κ2) is 4.71. The van der Waals surface area contributed by atoms with E-state index >= 15 is 0 Å². The summed E-state index contributed by atoms with van der Waals surface area (Å²) in [4.78, 5) is 11.7. The Labute approximate surface area is 110 Å². The average Bonchev–Trinajstić information content (AvgIpc) is 2.52. The number of aromatic nitrogens is 1. The number of carbonyl (C=O) groups excluding carboxylic acids is 1. The number of hydrogen-bond donors (Lipinski definition) is 0. The molecule has 0 bridgehead atoms. The van der Waals surface area contributed by atoms with Gasteiger partial charge in [0.25, 0.3) is 0 Å². The number of benzene rings is 1. The number of nitrogens with zero attached hydrogens (tertiary/aromatic N) is 1. The van der Waals surface area contributed by atoms with Crippen LogP contribution >= 0.6 is 23.2 Å². The number of aryl methyl sites for hydroxylation is 1. The lowest BCUT2D eigenvalue weighted by atomic mass is 10.1. The van der Waals surface area contributed by atoms with Gasteiger partial charge in [-0.15, -0.1) is 0 Å². The molecule has 4 heteroatoms. The standard InChI is InChI=1S/C13H13Cl2NO/c1-3-6-16-11-5-4-9(14)7-10(11)12(8(2)17)13(16)15/h4-5,7H,3,6H2,1-2H3. The summed E-state index contributed by atoms with van der Waals surface area (Å²) in [5, 5.41) is 1.96. The molecular weight excluding hydrogens is 257 g/mol. The fourth-order valence-electron chi connectivity index (χ4n) is 2.07. The van der Waals surface area contributed by atoms with Gasteiger partial charge >= 0.3 is 0 Å². The van der Waals surface area contributed by atoms with Crippen molar-refractivity contribution < 1.29 is 4.79 Å². The summed E-state index contributed by atoms with van der Waals surface area (Å²) >= 11 is 12.2. The summed E-state index contributed by atoms with van der Waals surface area (Å²) < 4.78 is 1.96. The first-order chi connectivity index (χ1) is 8.06. The van der Waals surface area contributed by atoms with Gasteiger partial charge < -0.3 is 4.57 Å². The van der Waals surface area contributed by atoms with Gasteiger partial charge in [0, 0.05) is 17.0 Å². The summed E-state index contributed by atoms with van der Waals surface area (Å²) in [7, 11) is 0. The zero-order valence-electron chi connectivity index (χ0n) is 9.76. The van der Waals surface area contributed by atoms with Gasteiger partial charge in [-0.1, -0.05) is 30.1 Å². The van der Waals surface area contributed by atoms with Crippen LogP contribution in [-0.2, 0) is 6.54 Å². The fourth-order valence-corrected chi connectivity index (χ4v) is 2.66. The van der Waals surface area contributed by atoms with Crippen molar-refractivity contribution in [3.8, 4) is 0 Å². The summed E-state index contributed by atoms with van der Waals surface area (Å²) in [6.07, 6.45) is 0.962. The monoisotopic (exact) mass is 269 g/mol. The van der Waals surface area contributed by atoms with Crippen LogP contribution in [0.15, 0.2) is 18.2 Å². The molecule has 90 valence electrons. The third kappa shape index (κ3) is 2.07. The van der Waals surface area contributed by atoms with Gasteiger partial charge in [-0.2, -0.15) is 0 Å². The summed E-state index contributed by atoms with van der Waals surface area (Å²) in [6, 6.07) is 5.52. The molecule has 1 aromatic carbocycles. The van der Waals surface area contributed by atoms with Crippen LogP contribution in [0.1, 0.15) is 30.6 Å². The van der Waals surface area contributed by atoms with Crippen molar-refractivity contribution in [2.75, 3.05) is 0 Å². The predicted molar refractivity (Wildman–Crippen MR) is 72.3 cm³/mol. The van der Waals surface area contributed by atoms with Gasteiger partial charge in [-0.05, 0) is 31.5 Å². The van der Waals surface area contributed by atoms with Crippen LogP contribution < -0.4 is 0 Å². The Kier molecular flexibility index (Phi) is 3.45. The molecule has 0 spiro atoms. The number of hydrogen-bond acceptors (Lipinski definition) is 1. The number of ketones is 1. The van der Waals surface area contributed by atoms with Crippen LogP contribution in [0.25, 0.3) is 10.9 Å². The Morgan fingerprint density at radius 1 is 1.35 bits per heavy atom. The lowest BCUT2D eigenvalue weighted by Gasteiger charge is -2.04. The Bertz CT molecular complexity index is 587. The Morgan fingerprint density at radius 3 is 2.65 bits per heavy atom. The molecule has 0 N–H and O–H groups in total. The lowest BCUT2D eigenvalue weighted by molar-refractivity contribution is 0.101. The number of carbonyl (C=O) groups is 1. The van der Waals surface area contributed by atoms with Gasteiger partial charge in [0.05, 0.1) is 11.1 Å². The van der Waals surface area contributed by atoms with Crippen molar-refractivity contribution in [3.05, 3.63) is 33.9 Å². The fraction of sp³-hybridized carbons (Fsp3) is 0.308. The average molecular weight is 270 g/mol. The third-order valence-electron chi connectivity index (χ3n) is 2.76. The van der Waals surface area contributed by atoms with Crippen LogP contribution in [0.4, 0.5) is 0 Å². The molecule has 0 saturated carbocycles. The molecule has 0 aliphatic rings. The van der Waals surface area contributed by atoms with E-state index in [4.69, 9.17) is 23.2 Å². The van der Waals surface area contributed by atoms with Crippen LogP contribution in [0.2, 0.25) is 10.2 Å². The number of rotatable bonds is 3. The highest BCUT2D eigenvalue weighted by molar-refractivity contribution is 6.36. The number of Topliss-reactive ketones (excluding diaryl/α,β-unsaturated/α-hetero) is 1. The minimum atomic E-state index is -0.0304. The van der Waals surface area contributed by atoms with Gasteiger partial charge in [0.15, 0.2) is 5.78 Å². The second-order valence-corrected chi connectivity index (χ2v) is 4.83. The van der Waals surface area contributed by atoms with Crippen molar-refractivity contribution >= 4 is 39.9 Å². The molecule has 0 radical (unpaired) electrons. The van der Waals surface area contributed by atoms with Crippen molar-refractivity contribution in [1.82, 2.24) is 4.57 Å². The third-order valence-corrected chi connectivity index (χ3v) is 3.39. The molecule has 17 heavy (non-hydrogen) atoms. The van der Waals surface area contributed by atoms with Gasteiger partial charge in [0.1, 0.15) is 5.15 Å². The van der Waals surface area contributed by atoms with E-state index in [0.29, 0.717) is 15.7 Å². The molecule has 1 heterocycles. The first kappa shape index (κ1) is 12.5. The normalized spacial score (nSPS) is 11.1. The van der Waals surface area contributed by atoms with Gasteiger partial charge in [0.2, 0.25) is 0 Å². The molecule has 0 atom stereocenters. The van der Waals surface area contributed by atoms with E-state index < -0.39 is 0 Å². The zero-order valence-corrected chi connectivity index (χ0v) is 11.3. The number of halogens is 2. The van der Waals surface area contributed by atoms with Crippen molar-refractivity contribution in [2.45, 2.75) is 26.8 Å². The predicted octanol–water partition coefficient (Wildman–Crippen LogP) is 4.56. The van der Waals surface area contributed by atoms with E-state index in [-0.39, 0.29) is 5.78 Å². The Hall–Kier alpha value is -0.990. The molecule has 0 unspecified atom stereocenters. The molecule has 2 rings (SSSR count). The molecule has 2 nitrogen and oxygen atoms in total. The minimum Gasteiger partial charge on any atom is -0.331 e. The van der Waals surface area contributed by atoms with Crippen molar-refractivity contribution in [2.24, 2.45) is 0 Å². The maximum Gasteiger partial charge on any atom is 0.163 e. The first-order valence-corrected chi connectivity index (χ1v) is 6.30. The van der Waals surface area contributed by atoms with Crippen LogP contribution in [0.3, 0.4) is 0 Å². The highest BCUT2D eigenvalue weighted by Gasteiger charge is 2.18. The molecular formula is C13H13Cl2NO. The quantitative estimate of drug-likeness (QED) is 0.749. The summed E-state index contributed by atoms with van der Waals surface area (Å²) in [5.41, 5.74) is 1.53. The summed E-state index contributed by atoms with van der Waals surface area (Å²) in [5.74, 6) is -0.0304. The van der Waals surface area contributed by atoms with Crippen LogP contribution in [-0.4, -0.2) is 10.4 Å². The largest absolute Gasteiger partial charge is 0.331 e.